The molecule has 22 heavy (non-hydrogen) atoms. The van der Waals surface area contributed by atoms with E-state index in [1.54, 1.807) is 12.1 Å². The molecule has 0 aliphatic rings. The number of hydrogen-bond acceptors (Lipinski definition) is 1. The van der Waals surface area contributed by atoms with Crippen molar-refractivity contribution in [2.24, 2.45) is 0 Å². The molecule has 118 valence electrons. The van der Waals surface area contributed by atoms with Crippen LogP contribution in [0.4, 0.5) is 4.39 Å². The van der Waals surface area contributed by atoms with E-state index in [-0.39, 0.29) is 17.8 Å². The first-order chi connectivity index (χ1) is 10.3. The maximum atomic E-state index is 13.1. The highest BCUT2D eigenvalue weighted by molar-refractivity contribution is 5.95. The van der Waals surface area contributed by atoms with Gasteiger partial charge in [-0.3, -0.25) is 4.79 Å². The van der Waals surface area contributed by atoms with Crippen LogP contribution in [-0.4, -0.2) is 16.5 Å². The SMILES string of the molecule is Cc1c(C)c(C(=O)NC(C)C)n(Cc2ccc(F)cc2)c1C. The average molecular weight is 302 g/mol. The Hall–Kier alpha value is -2.10. The Bertz CT molecular complexity index is 684. The van der Waals surface area contributed by atoms with Gasteiger partial charge in [0.2, 0.25) is 0 Å². The molecule has 0 fully saturated rings. The first kappa shape index (κ1) is 16.3. The van der Waals surface area contributed by atoms with E-state index < -0.39 is 0 Å². The first-order valence-corrected chi connectivity index (χ1v) is 7.52. The molecule has 2 aromatic rings. The highest BCUT2D eigenvalue weighted by atomic mass is 19.1. The van der Waals surface area contributed by atoms with Crippen LogP contribution in [0.3, 0.4) is 0 Å². The van der Waals surface area contributed by atoms with E-state index in [4.69, 9.17) is 0 Å². The minimum absolute atomic E-state index is 0.0641. The number of nitrogens with zero attached hydrogens (tertiary/aromatic N) is 1. The van der Waals surface area contributed by atoms with Crippen molar-refractivity contribution in [1.29, 1.82) is 0 Å². The molecule has 1 aromatic carbocycles. The van der Waals surface area contributed by atoms with Crippen LogP contribution < -0.4 is 5.32 Å². The smallest absolute Gasteiger partial charge is 0.268 e. The van der Waals surface area contributed by atoms with Crippen LogP contribution in [-0.2, 0) is 6.54 Å². The maximum absolute atomic E-state index is 13.1. The van der Waals surface area contributed by atoms with E-state index in [1.165, 1.54) is 12.1 Å². The normalized spacial score (nSPS) is 11.0. The Morgan fingerprint density at radius 1 is 1.14 bits per heavy atom. The number of nitrogens with one attached hydrogen (secondary N) is 1. The summed E-state index contributed by atoms with van der Waals surface area (Å²) in [6.07, 6.45) is 0. The molecule has 3 nitrogen and oxygen atoms in total. The van der Waals surface area contributed by atoms with Crippen molar-refractivity contribution in [3.05, 3.63) is 58.2 Å². The summed E-state index contributed by atoms with van der Waals surface area (Å²) >= 11 is 0. The molecule has 1 amide bonds. The summed E-state index contributed by atoms with van der Waals surface area (Å²) in [6.45, 7) is 10.5. The number of aromatic nitrogens is 1. The fourth-order valence-electron chi connectivity index (χ4n) is 2.61. The number of carbonyl (C=O) groups excluding carboxylic acids is 1. The quantitative estimate of drug-likeness (QED) is 0.917. The van der Waals surface area contributed by atoms with Gasteiger partial charge in [0.25, 0.3) is 5.91 Å². The van der Waals surface area contributed by atoms with E-state index in [1.807, 2.05) is 39.2 Å². The number of amides is 1. The van der Waals surface area contributed by atoms with Crippen LogP contribution in [0.5, 0.6) is 0 Å². The molecule has 1 heterocycles. The van der Waals surface area contributed by atoms with E-state index in [0.29, 0.717) is 12.2 Å². The number of carbonyl (C=O) groups is 1. The van der Waals surface area contributed by atoms with Crippen molar-refractivity contribution in [1.82, 2.24) is 9.88 Å². The van der Waals surface area contributed by atoms with Gasteiger partial charge in [0, 0.05) is 18.3 Å². The highest BCUT2D eigenvalue weighted by Gasteiger charge is 2.21. The van der Waals surface area contributed by atoms with Crippen LogP contribution in [0, 0.1) is 26.6 Å². The molecule has 0 spiro atoms. The molecule has 1 aromatic heterocycles. The third-order valence-electron chi connectivity index (χ3n) is 4.02. The lowest BCUT2D eigenvalue weighted by Gasteiger charge is -2.14. The molecule has 0 unspecified atom stereocenters. The largest absolute Gasteiger partial charge is 0.349 e. The first-order valence-electron chi connectivity index (χ1n) is 7.52. The Labute approximate surface area is 131 Å². The zero-order valence-electron chi connectivity index (χ0n) is 13.8. The zero-order chi connectivity index (χ0) is 16.4. The summed E-state index contributed by atoms with van der Waals surface area (Å²) < 4.78 is 15.1. The predicted molar refractivity (Wildman–Crippen MR) is 86.7 cm³/mol. The summed E-state index contributed by atoms with van der Waals surface area (Å²) in [5.41, 5.74) is 4.84. The molecular formula is C18H23FN2O. The zero-order valence-corrected chi connectivity index (χ0v) is 13.8. The number of halogens is 1. The second-order valence-corrected chi connectivity index (χ2v) is 6.02. The van der Waals surface area contributed by atoms with Gasteiger partial charge in [-0.1, -0.05) is 12.1 Å². The molecule has 4 heteroatoms. The van der Waals surface area contributed by atoms with Crippen molar-refractivity contribution in [2.75, 3.05) is 0 Å². The molecule has 1 N–H and O–H groups in total. The van der Waals surface area contributed by atoms with Gasteiger partial charge in [0.1, 0.15) is 11.5 Å². The number of hydrogen-bond donors (Lipinski definition) is 1. The molecule has 0 atom stereocenters. The second kappa shape index (κ2) is 6.34. The van der Waals surface area contributed by atoms with Crippen molar-refractivity contribution in [3.63, 3.8) is 0 Å². The Morgan fingerprint density at radius 3 is 2.27 bits per heavy atom. The fraction of sp³-hybridized carbons (Fsp3) is 0.389. The highest BCUT2D eigenvalue weighted by Crippen LogP contribution is 2.23. The predicted octanol–water partition coefficient (Wildman–Crippen LogP) is 3.74. The van der Waals surface area contributed by atoms with Gasteiger partial charge in [-0.2, -0.15) is 0 Å². The van der Waals surface area contributed by atoms with Gasteiger partial charge in [0.15, 0.2) is 0 Å². The third kappa shape index (κ3) is 3.21. The molecule has 0 aliphatic heterocycles. The summed E-state index contributed by atoms with van der Waals surface area (Å²) in [5.74, 6) is -0.316. The van der Waals surface area contributed by atoms with Gasteiger partial charge >= 0.3 is 0 Å². The molecule has 2 rings (SSSR count). The molecule has 0 radical (unpaired) electrons. The third-order valence-corrected chi connectivity index (χ3v) is 4.02. The maximum Gasteiger partial charge on any atom is 0.268 e. The molecular weight excluding hydrogens is 279 g/mol. The monoisotopic (exact) mass is 302 g/mol. The van der Waals surface area contributed by atoms with Crippen LogP contribution >= 0.6 is 0 Å². The van der Waals surface area contributed by atoms with Gasteiger partial charge in [0.05, 0.1) is 0 Å². The summed E-state index contributed by atoms with van der Waals surface area (Å²) in [4.78, 5) is 12.5. The minimum Gasteiger partial charge on any atom is -0.349 e. The van der Waals surface area contributed by atoms with E-state index in [9.17, 15) is 9.18 Å². The van der Waals surface area contributed by atoms with Gasteiger partial charge in [-0.25, -0.2) is 4.39 Å². The Balaban J connectivity index is 2.43. The van der Waals surface area contributed by atoms with Crippen LogP contribution in [0.1, 0.15) is 46.7 Å². The van der Waals surface area contributed by atoms with Crippen molar-refractivity contribution < 1.29 is 9.18 Å². The van der Waals surface area contributed by atoms with E-state index in [0.717, 1.165) is 22.4 Å². The van der Waals surface area contributed by atoms with E-state index in [2.05, 4.69) is 5.32 Å². The number of benzene rings is 1. The lowest BCUT2D eigenvalue weighted by Crippen LogP contribution is -2.32. The van der Waals surface area contributed by atoms with Gasteiger partial charge in [-0.15, -0.1) is 0 Å². The summed E-state index contributed by atoms with van der Waals surface area (Å²) in [6, 6.07) is 6.48. The number of rotatable bonds is 4. The van der Waals surface area contributed by atoms with Crippen LogP contribution in [0.25, 0.3) is 0 Å². The van der Waals surface area contributed by atoms with Crippen molar-refractivity contribution >= 4 is 5.91 Å². The van der Waals surface area contributed by atoms with E-state index >= 15 is 0 Å². The van der Waals surface area contributed by atoms with Crippen molar-refractivity contribution in [2.45, 2.75) is 47.2 Å². The molecule has 0 bridgehead atoms. The van der Waals surface area contributed by atoms with Crippen molar-refractivity contribution in [3.8, 4) is 0 Å². The summed E-state index contributed by atoms with van der Waals surface area (Å²) in [5, 5.41) is 2.96. The molecule has 0 saturated heterocycles. The lowest BCUT2D eigenvalue weighted by atomic mass is 10.1. The molecule has 0 aliphatic carbocycles. The molecule has 0 saturated carbocycles. The lowest BCUT2D eigenvalue weighted by molar-refractivity contribution is 0.0933. The van der Waals surface area contributed by atoms with Gasteiger partial charge in [-0.05, 0) is 63.4 Å². The Morgan fingerprint density at radius 2 is 1.73 bits per heavy atom. The Kier molecular flexibility index (Phi) is 4.69. The van der Waals surface area contributed by atoms with Crippen LogP contribution in [0.2, 0.25) is 0 Å². The van der Waals surface area contributed by atoms with Gasteiger partial charge < -0.3 is 9.88 Å². The minimum atomic E-state index is -0.252. The average Bonchev–Trinajstić information content (AvgIpc) is 2.65. The summed E-state index contributed by atoms with van der Waals surface area (Å²) in [7, 11) is 0. The topological polar surface area (TPSA) is 34.0 Å². The second-order valence-electron chi connectivity index (χ2n) is 6.02. The standard InChI is InChI=1S/C18H23FN2O/c1-11(2)20-18(22)17-13(4)12(3)14(5)21(17)10-15-6-8-16(19)9-7-15/h6-9,11H,10H2,1-5H3,(H,20,22). The fourth-order valence-corrected chi connectivity index (χ4v) is 2.61. The van der Waals surface area contributed by atoms with Crippen LogP contribution in [0.15, 0.2) is 24.3 Å².